The summed E-state index contributed by atoms with van der Waals surface area (Å²) >= 11 is 3.35. The van der Waals surface area contributed by atoms with Gasteiger partial charge in [0.1, 0.15) is 0 Å². The van der Waals surface area contributed by atoms with E-state index in [0.717, 1.165) is 16.6 Å². The standard InChI is InChI=1S/C13H9BrF2N4/c14-9-2-4-12-18-13(19-20(12)7-9)17-6-8-1-3-10(15)11(16)5-8/h1-5,7H,6H2,(H,17,19). The monoisotopic (exact) mass is 338 g/mol. The highest BCUT2D eigenvalue weighted by Crippen LogP contribution is 2.13. The fourth-order valence-corrected chi connectivity index (χ4v) is 2.09. The van der Waals surface area contributed by atoms with Gasteiger partial charge < -0.3 is 5.32 Å². The Morgan fingerprint density at radius 1 is 1.15 bits per heavy atom. The summed E-state index contributed by atoms with van der Waals surface area (Å²) in [7, 11) is 0. The maximum atomic E-state index is 13.1. The van der Waals surface area contributed by atoms with E-state index in [4.69, 9.17) is 0 Å². The van der Waals surface area contributed by atoms with Gasteiger partial charge in [0.2, 0.25) is 5.95 Å². The number of benzene rings is 1. The maximum Gasteiger partial charge on any atom is 0.243 e. The molecule has 7 heteroatoms. The van der Waals surface area contributed by atoms with Crippen LogP contribution in [0.2, 0.25) is 0 Å². The minimum Gasteiger partial charge on any atom is -0.349 e. The smallest absolute Gasteiger partial charge is 0.243 e. The Kier molecular flexibility index (Phi) is 3.35. The topological polar surface area (TPSA) is 42.2 Å². The first kappa shape index (κ1) is 13.0. The third kappa shape index (κ3) is 2.62. The van der Waals surface area contributed by atoms with Gasteiger partial charge in [-0.3, -0.25) is 0 Å². The normalized spacial score (nSPS) is 10.9. The number of nitrogens with one attached hydrogen (secondary N) is 1. The lowest BCUT2D eigenvalue weighted by atomic mass is 10.2. The van der Waals surface area contributed by atoms with Crippen LogP contribution in [0.1, 0.15) is 5.56 Å². The van der Waals surface area contributed by atoms with Crippen molar-refractivity contribution in [3.05, 3.63) is 58.2 Å². The number of anilines is 1. The average Bonchev–Trinajstić information content (AvgIpc) is 2.82. The lowest BCUT2D eigenvalue weighted by Crippen LogP contribution is -2.02. The molecule has 4 nitrogen and oxygen atoms in total. The summed E-state index contributed by atoms with van der Waals surface area (Å²) in [5.74, 6) is -1.30. The second-order valence-corrected chi connectivity index (χ2v) is 5.10. The highest BCUT2D eigenvalue weighted by atomic mass is 79.9. The first-order valence-electron chi connectivity index (χ1n) is 5.81. The van der Waals surface area contributed by atoms with Crippen LogP contribution >= 0.6 is 15.9 Å². The van der Waals surface area contributed by atoms with E-state index in [1.165, 1.54) is 6.07 Å². The van der Waals surface area contributed by atoms with E-state index >= 15 is 0 Å². The summed E-state index contributed by atoms with van der Waals surface area (Å²) in [5, 5.41) is 7.19. The van der Waals surface area contributed by atoms with Crippen molar-refractivity contribution in [2.75, 3.05) is 5.32 Å². The van der Waals surface area contributed by atoms with Crippen molar-refractivity contribution >= 4 is 27.5 Å². The van der Waals surface area contributed by atoms with Gasteiger partial charge in [0.15, 0.2) is 17.3 Å². The number of hydrogen-bond acceptors (Lipinski definition) is 3. The summed E-state index contributed by atoms with van der Waals surface area (Å²) in [5.41, 5.74) is 1.31. The molecule has 3 rings (SSSR count). The van der Waals surface area contributed by atoms with Crippen LogP contribution in [-0.4, -0.2) is 14.6 Å². The average molecular weight is 339 g/mol. The Morgan fingerprint density at radius 3 is 2.80 bits per heavy atom. The second kappa shape index (κ2) is 5.16. The van der Waals surface area contributed by atoms with Crippen LogP contribution in [0.4, 0.5) is 14.7 Å². The Hall–Kier alpha value is -2.02. The van der Waals surface area contributed by atoms with Crippen LogP contribution in [0.5, 0.6) is 0 Å². The van der Waals surface area contributed by atoms with Gasteiger partial charge in [-0.05, 0) is 45.8 Å². The predicted octanol–water partition coefficient (Wildman–Crippen LogP) is 3.38. The van der Waals surface area contributed by atoms with Gasteiger partial charge in [-0.2, -0.15) is 4.98 Å². The summed E-state index contributed by atoms with van der Waals surface area (Å²) in [4.78, 5) is 4.26. The van der Waals surface area contributed by atoms with Crippen LogP contribution in [0.15, 0.2) is 41.0 Å². The summed E-state index contributed by atoms with van der Waals surface area (Å²) in [6.45, 7) is 0.315. The minimum atomic E-state index is -0.865. The van der Waals surface area contributed by atoms with Crippen molar-refractivity contribution in [3.63, 3.8) is 0 Å². The Morgan fingerprint density at radius 2 is 2.00 bits per heavy atom. The van der Waals surface area contributed by atoms with Crippen LogP contribution < -0.4 is 5.32 Å². The molecular weight excluding hydrogens is 330 g/mol. The molecule has 0 saturated heterocycles. The van der Waals surface area contributed by atoms with Crippen molar-refractivity contribution < 1.29 is 8.78 Å². The van der Waals surface area contributed by atoms with Gasteiger partial charge in [0.05, 0.1) is 0 Å². The SMILES string of the molecule is Fc1ccc(CNc2nc3ccc(Br)cn3n2)cc1F. The van der Waals surface area contributed by atoms with Gasteiger partial charge in [0, 0.05) is 17.2 Å². The maximum absolute atomic E-state index is 13.1. The number of fused-ring (bicyclic) bond motifs is 1. The van der Waals surface area contributed by atoms with Gasteiger partial charge >= 0.3 is 0 Å². The number of aromatic nitrogens is 3. The Bertz CT molecular complexity index is 772. The first-order valence-corrected chi connectivity index (χ1v) is 6.61. The highest BCUT2D eigenvalue weighted by molar-refractivity contribution is 9.10. The largest absolute Gasteiger partial charge is 0.349 e. The molecule has 20 heavy (non-hydrogen) atoms. The van der Waals surface area contributed by atoms with E-state index in [0.29, 0.717) is 23.7 Å². The van der Waals surface area contributed by atoms with E-state index in [1.807, 2.05) is 12.1 Å². The molecule has 0 amide bonds. The van der Waals surface area contributed by atoms with Gasteiger partial charge in [-0.1, -0.05) is 6.07 Å². The summed E-state index contributed by atoms with van der Waals surface area (Å²) in [6.07, 6.45) is 1.78. The van der Waals surface area contributed by atoms with E-state index in [1.54, 1.807) is 10.7 Å². The number of nitrogens with zero attached hydrogens (tertiary/aromatic N) is 3. The van der Waals surface area contributed by atoms with Crippen LogP contribution in [0.3, 0.4) is 0 Å². The molecule has 0 saturated carbocycles. The first-order chi connectivity index (χ1) is 9.61. The molecule has 0 aliphatic heterocycles. The van der Waals surface area contributed by atoms with Crippen LogP contribution in [0, 0.1) is 11.6 Å². The summed E-state index contributed by atoms with van der Waals surface area (Å²) < 4.78 is 28.4. The van der Waals surface area contributed by atoms with Crippen molar-refractivity contribution in [2.45, 2.75) is 6.54 Å². The molecule has 0 unspecified atom stereocenters. The second-order valence-electron chi connectivity index (χ2n) is 4.19. The number of rotatable bonds is 3. The molecule has 0 aliphatic rings. The molecule has 0 fully saturated rings. The van der Waals surface area contributed by atoms with Crippen molar-refractivity contribution in [3.8, 4) is 0 Å². The Labute approximate surface area is 121 Å². The van der Waals surface area contributed by atoms with Crippen molar-refractivity contribution in [1.29, 1.82) is 0 Å². The van der Waals surface area contributed by atoms with Crippen LogP contribution in [-0.2, 0) is 6.54 Å². The third-order valence-corrected chi connectivity index (χ3v) is 3.20. The van der Waals surface area contributed by atoms with Crippen LogP contribution in [0.25, 0.3) is 5.65 Å². The fraction of sp³-hybridized carbons (Fsp3) is 0.0769. The lowest BCUT2D eigenvalue weighted by molar-refractivity contribution is 0.507. The highest BCUT2D eigenvalue weighted by Gasteiger charge is 2.05. The quantitative estimate of drug-likeness (QED) is 0.796. The molecule has 0 spiro atoms. The summed E-state index contributed by atoms with van der Waals surface area (Å²) in [6, 6.07) is 7.44. The van der Waals surface area contributed by atoms with E-state index in [-0.39, 0.29) is 0 Å². The number of halogens is 3. The molecular formula is C13H9BrF2N4. The van der Waals surface area contributed by atoms with Gasteiger partial charge in [0.25, 0.3) is 0 Å². The molecule has 3 aromatic rings. The minimum absolute atomic E-state index is 0.315. The molecule has 0 radical (unpaired) electrons. The van der Waals surface area contributed by atoms with Gasteiger partial charge in [-0.25, -0.2) is 13.3 Å². The van der Waals surface area contributed by atoms with Crippen molar-refractivity contribution in [2.24, 2.45) is 0 Å². The molecule has 1 aromatic carbocycles. The molecule has 0 aliphatic carbocycles. The van der Waals surface area contributed by atoms with Gasteiger partial charge in [-0.15, -0.1) is 5.10 Å². The zero-order chi connectivity index (χ0) is 14.1. The fourth-order valence-electron chi connectivity index (χ4n) is 1.76. The molecule has 2 heterocycles. The molecule has 2 aromatic heterocycles. The predicted molar refractivity (Wildman–Crippen MR) is 74.4 cm³/mol. The van der Waals surface area contributed by atoms with E-state index in [2.05, 4.69) is 31.3 Å². The molecule has 0 bridgehead atoms. The Balaban J connectivity index is 1.77. The molecule has 1 N–H and O–H groups in total. The lowest BCUT2D eigenvalue weighted by Gasteiger charge is -2.02. The van der Waals surface area contributed by atoms with E-state index < -0.39 is 11.6 Å². The molecule has 0 atom stereocenters. The van der Waals surface area contributed by atoms with Crippen molar-refractivity contribution in [1.82, 2.24) is 14.6 Å². The number of pyridine rings is 1. The van der Waals surface area contributed by atoms with E-state index in [9.17, 15) is 8.78 Å². The molecule has 102 valence electrons. The zero-order valence-corrected chi connectivity index (χ0v) is 11.7. The third-order valence-electron chi connectivity index (χ3n) is 2.73. The zero-order valence-electron chi connectivity index (χ0n) is 10.1. The number of hydrogen-bond donors (Lipinski definition) is 1.